The Balaban J connectivity index is 1.50. The summed E-state index contributed by atoms with van der Waals surface area (Å²) in [6.45, 7) is 2.05. The molecule has 1 heterocycles. The number of hydrogen-bond donors (Lipinski definition) is 1. The molecule has 178 valence electrons. The highest BCUT2D eigenvalue weighted by Gasteiger charge is 2.31. The third-order valence-electron chi connectivity index (χ3n) is 5.79. The Labute approximate surface area is 207 Å². The molecule has 0 saturated carbocycles. The number of piperazine rings is 1. The highest BCUT2D eigenvalue weighted by molar-refractivity contribution is 9.10. The van der Waals surface area contributed by atoms with E-state index in [0.29, 0.717) is 26.2 Å². The van der Waals surface area contributed by atoms with Gasteiger partial charge in [0.15, 0.2) is 0 Å². The number of amides is 1. The van der Waals surface area contributed by atoms with Crippen LogP contribution in [-0.4, -0.2) is 51.4 Å². The zero-order valence-electron chi connectivity index (χ0n) is 18.4. The number of nitrogens with zero attached hydrogens (tertiary/aromatic N) is 2. The Hall–Kier alpha value is -2.75. The van der Waals surface area contributed by atoms with Gasteiger partial charge >= 0.3 is 0 Å². The molecule has 34 heavy (non-hydrogen) atoms. The molecule has 1 amide bonds. The van der Waals surface area contributed by atoms with E-state index >= 15 is 0 Å². The number of carbonyl (C=O) groups is 1. The molecule has 0 spiro atoms. The first kappa shape index (κ1) is 24.4. The van der Waals surface area contributed by atoms with Crippen molar-refractivity contribution < 1.29 is 17.6 Å². The van der Waals surface area contributed by atoms with Gasteiger partial charge in [-0.05, 0) is 60.5 Å². The fraction of sp³-hybridized carbons (Fsp3) is 0.240. The number of hydrogen-bond acceptors (Lipinski definition) is 4. The van der Waals surface area contributed by atoms with Gasteiger partial charge in [-0.15, -0.1) is 0 Å². The summed E-state index contributed by atoms with van der Waals surface area (Å²) in [7, 11) is -3.90. The van der Waals surface area contributed by atoms with Gasteiger partial charge < -0.3 is 9.80 Å². The Kier molecular flexibility index (Phi) is 7.65. The molecule has 3 aromatic rings. The first-order chi connectivity index (χ1) is 16.3. The predicted molar refractivity (Wildman–Crippen MR) is 134 cm³/mol. The van der Waals surface area contributed by atoms with Crippen molar-refractivity contribution in [1.29, 1.82) is 0 Å². The maximum absolute atomic E-state index is 13.5. The van der Waals surface area contributed by atoms with Gasteiger partial charge in [0.25, 0.3) is 0 Å². The summed E-state index contributed by atoms with van der Waals surface area (Å²) in [4.78, 5) is 17.4. The van der Waals surface area contributed by atoms with Gasteiger partial charge in [0.1, 0.15) is 11.9 Å². The number of benzene rings is 3. The SMILES string of the molecule is O=C([C@@H](Cc1ccccc1)NS(=O)(=O)c1ccc(Br)cc1)N1CCN(c2ccc(F)cc2)CC1. The summed E-state index contributed by atoms with van der Waals surface area (Å²) in [6, 6.07) is 21.0. The third-order valence-corrected chi connectivity index (χ3v) is 7.80. The monoisotopic (exact) mass is 545 g/mol. The smallest absolute Gasteiger partial charge is 0.241 e. The lowest BCUT2D eigenvalue weighted by molar-refractivity contribution is -0.133. The molecule has 1 saturated heterocycles. The van der Waals surface area contributed by atoms with Crippen molar-refractivity contribution >= 4 is 37.5 Å². The minimum Gasteiger partial charge on any atom is -0.368 e. The molecule has 0 bridgehead atoms. The van der Waals surface area contributed by atoms with Crippen molar-refractivity contribution in [2.24, 2.45) is 0 Å². The Morgan fingerprint density at radius 2 is 1.53 bits per heavy atom. The van der Waals surface area contributed by atoms with Gasteiger partial charge in [-0.25, -0.2) is 12.8 Å². The van der Waals surface area contributed by atoms with Gasteiger partial charge in [-0.3, -0.25) is 4.79 Å². The van der Waals surface area contributed by atoms with E-state index in [2.05, 4.69) is 25.6 Å². The van der Waals surface area contributed by atoms with Crippen LogP contribution in [0.25, 0.3) is 0 Å². The van der Waals surface area contributed by atoms with Gasteiger partial charge in [0, 0.05) is 36.3 Å². The highest BCUT2D eigenvalue weighted by Crippen LogP contribution is 2.19. The van der Waals surface area contributed by atoms with E-state index in [4.69, 9.17) is 0 Å². The molecule has 1 fully saturated rings. The van der Waals surface area contributed by atoms with E-state index in [1.165, 1.54) is 24.3 Å². The minimum atomic E-state index is -3.90. The number of nitrogens with one attached hydrogen (secondary N) is 1. The van der Waals surface area contributed by atoms with E-state index in [-0.39, 0.29) is 23.0 Å². The van der Waals surface area contributed by atoms with Gasteiger partial charge in [-0.2, -0.15) is 4.72 Å². The molecule has 4 rings (SSSR count). The second-order valence-corrected chi connectivity index (χ2v) is 10.7. The van der Waals surface area contributed by atoms with Crippen LogP contribution >= 0.6 is 15.9 Å². The average molecular weight is 546 g/mol. The molecule has 9 heteroatoms. The maximum Gasteiger partial charge on any atom is 0.241 e. The van der Waals surface area contributed by atoms with Gasteiger partial charge in [0.05, 0.1) is 4.90 Å². The molecule has 6 nitrogen and oxygen atoms in total. The molecule has 1 aliphatic rings. The van der Waals surface area contributed by atoms with E-state index in [0.717, 1.165) is 15.7 Å². The highest BCUT2D eigenvalue weighted by atomic mass is 79.9. The van der Waals surface area contributed by atoms with E-state index < -0.39 is 16.1 Å². The summed E-state index contributed by atoms with van der Waals surface area (Å²) < 4.78 is 42.8. The molecule has 0 radical (unpaired) electrons. The van der Waals surface area contributed by atoms with Crippen LogP contribution < -0.4 is 9.62 Å². The van der Waals surface area contributed by atoms with Crippen LogP contribution in [0.5, 0.6) is 0 Å². The lowest BCUT2D eigenvalue weighted by atomic mass is 10.1. The van der Waals surface area contributed by atoms with Crippen molar-refractivity contribution in [3.05, 3.63) is 94.7 Å². The van der Waals surface area contributed by atoms with E-state index in [1.807, 2.05) is 30.3 Å². The van der Waals surface area contributed by atoms with E-state index in [1.54, 1.807) is 29.2 Å². The van der Waals surface area contributed by atoms with Crippen LogP contribution in [0.4, 0.5) is 10.1 Å². The number of anilines is 1. The number of carbonyl (C=O) groups excluding carboxylic acids is 1. The normalized spacial score (nSPS) is 15.2. The minimum absolute atomic E-state index is 0.0997. The summed E-state index contributed by atoms with van der Waals surface area (Å²) in [5.41, 5.74) is 1.76. The van der Waals surface area contributed by atoms with Crippen LogP contribution in [0, 0.1) is 5.82 Å². The number of sulfonamides is 1. The van der Waals surface area contributed by atoms with Gasteiger partial charge in [-0.1, -0.05) is 46.3 Å². The van der Waals surface area contributed by atoms with Crippen molar-refractivity contribution in [3.8, 4) is 0 Å². The lowest BCUT2D eigenvalue weighted by Crippen LogP contribution is -2.55. The van der Waals surface area contributed by atoms with E-state index in [9.17, 15) is 17.6 Å². The second-order valence-electron chi connectivity index (χ2n) is 8.11. The van der Waals surface area contributed by atoms with Crippen molar-refractivity contribution in [2.75, 3.05) is 31.1 Å². The molecular weight excluding hydrogens is 521 g/mol. The van der Waals surface area contributed by atoms with Crippen molar-refractivity contribution in [2.45, 2.75) is 17.4 Å². The standard InChI is InChI=1S/C25H25BrFN3O3S/c26-20-6-12-23(13-7-20)34(32,33)28-24(18-19-4-2-1-3-5-19)25(31)30-16-14-29(15-17-30)22-10-8-21(27)9-11-22/h1-13,24,28H,14-18H2/t24-/m1/s1. The lowest BCUT2D eigenvalue weighted by Gasteiger charge is -2.37. The molecule has 1 aliphatic heterocycles. The zero-order valence-corrected chi connectivity index (χ0v) is 20.8. The summed E-state index contributed by atoms with van der Waals surface area (Å²) in [5.74, 6) is -0.553. The Morgan fingerprint density at radius 1 is 0.912 bits per heavy atom. The molecule has 0 unspecified atom stereocenters. The van der Waals surface area contributed by atoms with Crippen LogP contribution in [0.2, 0.25) is 0 Å². The number of halogens is 2. The quantitative estimate of drug-likeness (QED) is 0.490. The first-order valence-electron chi connectivity index (χ1n) is 10.9. The van der Waals surface area contributed by atoms with Crippen LogP contribution in [0.1, 0.15) is 5.56 Å². The molecule has 0 aromatic heterocycles. The Bertz CT molecular complexity index is 1210. The fourth-order valence-electron chi connectivity index (χ4n) is 3.96. The van der Waals surface area contributed by atoms with Crippen LogP contribution in [-0.2, 0) is 21.2 Å². The molecule has 1 N–H and O–H groups in total. The fourth-order valence-corrected chi connectivity index (χ4v) is 5.41. The van der Waals surface area contributed by atoms with Gasteiger partial charge in [0.2, 0.25) is 15.9 Å². The topological polar surface area (TPSA) is 69.7 Å². The molecular formula is C25H25BrFN3O3S. The Morgan fingerprint density at radius 3 is 2.15 bits per heavy atom. The molecule has 3 aromatic carbocycles. The summed E-state index contributed by atoms with van der Waals surface area (Å²) >= 11 is 3.31. The van der Waals surface area contributed by atoms with Crippen molar-refractivity contribution in [1.82, 2.24) is 9.62 Å². The predicted octanol–water partition coefficient (Wildman–Crippen LogP) is 3.83. The third kappa shape index (κ3) is 6.02. The molecule has 0 aliphatic carbocycles. The zero-order chi connectivity index (χ0) is 24.1. The maximum atomic E-state index is 13.5. The first-order valence-corrected chi connectivity index (χ1v) is 13.2. The molecule has 1 atom stereocenters. The van der Waals surface area contributed by atoms with Crippen LogP contribution in [0.15, 0.2) is 88.2 Å². The average Bonchev–Trinajstić information content (AvgIpc) is 2.84. The van der Waals surface area contributed by atoms with Crippen molar-refractivity contribution in [3.63, 3.8) is 0 Å². The largest absolute Gasteiger partial charge is 0.368 e. The summed E-state index contributed by atoms with van der Waals surface area (Å²) in [5, 5.41) is 0. The number of rotatable bonds is 7. The van der Waals surface area contributed by atoms with Crippen LogP contribution in [0.3, 0.4) is 0 Å². The second kappa shape index (κ2) is 10.7. The summed E-state index contributed by atoms with van der Waals surface area (Å²) in [6.07, 6.45) is 0.244.